The number of carbonyl (C=O) groups excluding carboxylic acids is 1. The van der Waals surface area contributed by atoms with Crippen molar-refractivity contribution in [2.45, 2.75) is 45.7 Å². The lowest BCUT2D eigenvalue weighted by Gasteiger charge is -2.22. The Kier molecular flexibility index (Phi) is 5.45. The minimum atomic E-state index is -0.0438. The van der Waals surface area contributed by atoms with Gasteiger partial charge in [0.05, 0.1) is 6.04 Å². The van der Waals surface area contributed by atoms with E-state index >= 15 is 0 Å². The number of nitrogens with one attached hydrogen (secondary N) is 2. The lowest BCUT2D eigenvalue weighted by molar-refractivity contribution is 0.0939. The molecule has 0 aromatic heterocycles. The van der Waals surface area contributed by atoms with Gasteiger partial charge in [-0.15, -0.1) is 0 Å². The summed E-state index contributed by atoms with van der Waals surface area (Å²) in [7, 11) is 0. The summed E-state index contributed by atoms with van der Waals surface area (Å²) < 4.78 is 0. The molecule has 0 saturated carbocycles. The quantitative estimate of drug-likeness (QED) is 0.579. The molecule has 1 amide bonds. The van der Waals surface area contributed by atoms with Crippen molar-refractivity contribution in [3.63, 3.8) is 0 Å². The number of amides is 1. The molecule has 1 atom stereocenters. The molecule has 2 bridgehead atoms. The molecule has 3 aromatic rings. The predicted molar refractivity (Wildman–Crippen MR) is 116 cm³/mol. The van der Waals surface area contributed by atoms with Gasteiger partial charge in [0.2, 0.25) is 0 Å². The number of aryl methyl sites for hydroxylation is 2. The zero-order valence-corrected chi connectivity index (χ0v) is 16.7. The molecule has 1 heterocycles. The van der Waals surface area contributed by atoms with Crippen LogP contribution in [-0.4, -0.2) is 12.5 Å². The monoisotopic (exact) mass is 372 g/mol. The Labute approximate surface area is 167 Å². The number of carbonyl (C=O) groups is 1. The minimum absolute atomic E-state index is 0.00259. The highest BCUT2D eigenvalue weighted by Gasteiger charge is 2.19. The second kappa shape index (κ2) is 8.15. The van der Waals surface area contributed by atoms with Gasteiger partial charge in [0, 0.05) is 12.1 Å². The van der Waals surface area contributed by atoms with E-state index < -0.39 is 0 Å². The van der Waals surface area contributed by atoms with E-state index in [0.717, 1.165) is 49.0 Å². The summed E-state index contributed by atoms with van der Waals surface area (Å²) in [6.07, 6.45) is 3.32. The van der Waals surface area contributed by atoms with Gasteiger partial charge in [-0.1, -0.05) is 48.5 Å². The molecule has 1 aliphatic rings. The molecule has 1 aliphatic heterocycles. The van der Waals surface area contributed by atoms with E-state index in [0.29, 0.717) is 0 Å². The largest absolute Gasteiger partial charge is 0.345 e. The maximum absolute atomic E-state index is 13.1. The van der Waals surface area contributed by atoms with Crippen LogP contribution in [0, 0.1) is 6.92 Å². The summed E-state index contributed by atoms with van der Waals surface area (Å²) in [5.74, 6) is 0.00259. The normalized spacial score (nSPS) is 18.2. The maximum atomic E-state index is 13.1. The lowest BCUT2D eigenvalue weighted by Crippen LogP contribution is -2.28. The Balaban J connectivity index is 1.78. The first-order valence-electron chi connectivity index (χ1n) is 10.2. The third kappa shape index (κ3) is 3.81. The van der Waals surface area contributed by atoms with Crippen molar-refractivity contribution in [1.29, 1.82) is 0 Å². The number of hydrogen-bond acceptors (Lipinski definition) is 2. The lowest BCUT2D eigenvalue weighted by atomic mass is 9.91. The fraction of sp³-hybridized carbons (Fsp3) is 0.320. The molecule has 28 heavy (non-hydrogen) atoms. The van der Waals surface area contributed by atoms with E-state index in [1.807, 2.05) is 19.1 Å². The molecule has 0 spiro atoms. The van der Waals surface area contributed by atoms with E-state index in [2.05, 4.69) is 60.0 Å². The molecule has 2 N–H and O–H groups in total. The van der Waals surface area contributed by atoms with Crippen molar-refractivity contribution in [1.82, 2.24) is 10.6 Å². The van der Waals surface area contributed by atoms with Crippen LogP contribution in [0.25, 0.3) is 10.8 Å². The first kappa shape index (κ1) is 18.7. The van der Waals surface area contributed by atoms with E-state index in [1.54, 1.807) is 0 Å². The Morgan fingerprint density at radius 2 is 1.86 bits per heavy atom. The van der Waals surface area contributed by atoms with E-state index in [4.69, 9.17) is 0 Å². The number of benzene rings is 3. The van der Waals surface area contributed by atoms with Crippen LogP contribution < -0.4 is 10.6 Å². The second-order valence-corrected chi connectivity index (χ2v) is 7.84. The Hall–Kier alpha value is -2.65. The van der Waals surface area contributed by atoms with Gasteiger partial charge in [-0.3, -0.25) is 4.79 Å². The SMILES string of the molecule is Cc1ccc2cc1C(=O)N[C@H](C)c1c(ccc3ccccc13)CCCCNC2. The molecule has 3 nitrogen and oxygen atoms in total. The number of rotatable bonds is 0. The Morgan fingerprint density at radius 3 is 2.75 bits per heavy atom. The molecule has 0 aliphatic carbocycles. The highest BCUT2D eigenvalue weighted by atomic mass is 16.1. The van der Waals surface area contributed by atoms with Crippen molar-refractivity contribution >= 4 is 16.7 Å². The molecule has 3 heteroatoms. The van der Waals surface area contributed by atoms with Gasteiger partial charge in [-0.05, 0) is 78.7 Å². The molecular weight excluding hydrogens is 344 g/mol. The van der Waals surface area contributed by atoms with Gasteiger partial charge in [-0.25, -0.2) is 0 Å². The van der Waals surface area contributed by atoms with Crippen LogP contribution >= 0.6 is 0 Å². The standard InChI is InChI=1S/C25H28N2O/c1-17-10-11-19-15-23(17)25(28)27-18(2)24-21(8-5-6-14-26-16-19)13-12-20-7-3-4-9-22(20)24/h3-4,7,9-13,15,18,26H,5-6,8,14,16H2,1-2H3,(H,27,28)/t18-/m1/s1. The third-order valence-electron chi connectivity index (χ3n) is 5.77. The van der Waals surface area contributed by atoms with Crippen LogP contribution in [0.3, 0.4) is 0 Å². The van der Waals surface area contributed by atoms with Crippen LogP contribution in [0.5, 0.6) is 0 Å². The Morgan fingerprint density at radius 1 is 1.00 bits per heavy atom. The molecule has 3 aromatic carbocycles. The molecule has 0 radical (unpaired) electrons. The highest BCUT2D eigenvalue weighted by Crippen LogP contribution is 2.29. The van der Waals surface area contributed by atoms with Crippen molar-refractivity contribution in [2.75, 3.05) is 6.54 Å². The van der Waals surface area contributed by atoms with Crippen LogP contribution in [0.1, 0.15) is 58.4 Å². The predicted octanol–water partition coefficient (Wildman–Crippen LogP) is 5.07. The fourth-order valence-electron chi connectivity index (χ4n) is 4.24. The number of hydrogen-bond donors (Lipinski definition) is 2. The van der Waals surface area contributed by atoms with Gasteiger partial charge in [-0.2, -0.15) is 0 Å². The molecule has 4 rings (SSSR count). The molecule has 0 saturated heterocycles. The van der Waals surface area contributed by atoms with Crippen LogP contribution in [0.2, 0.25) is 0 Å². The molecule has 0 unspecified atom stereocenters. The fourth-order valence-corrected chi connectivity index (χ4v) is 4.24. The minimum Gasteiger partial charge on any atom is -0.345 e. The van der Waals surface area contributed by atoms with Crippen LogP contribution in [-0.2, 0) is 13.0 Å². The van der Waals surface area contributed by atoms with E-state index in [1.165, 1.54) is 21.9 Å². The molecule has 144 valence electrons. The highest BCUT2D eigenvalue weighted by molar-refractivity contribution is 5.96. The molecule has 0 fully saturated rings. The average molecular weight is 373 g/mol. The summed E-state index contributed by atoms with van der Waals surface area (Å²) in [5, 5.41) is 9.25. The summed E-state index contributed by atoms with van der Waals surface area (Å²) >= 11 is 0. The van der Waals surface area contributed by atoms with Crippen molar-refractivity contribution in [3.8, 4) is 0 Å². The van der Waals surface area contributed by atoms with Crippen molar-refractivity contribution < 1.29 is 4.79 Å². The van der Waals surface area contributed by atoms with Gasteiger partial charge in [0.25, 0.3) is 5.91 Å². The first-order chi connectivity index (χ1) is 13.6. The second-order valence-electron chi connectivity index (χ2n) is 7.84. The van der Waals surface area contributed by atoms with Gasteiger partial charge in [0.15, 0.2) is 0 Å². The zero-order chi connectivity index (χ0) is 19.5. The van der Waals surface area contributed by atoms with Gasteiger partial charge >= 0.3 is 0 Å². The van der Waals surface area contributed by atoms with Gasteiger partial charge in [0.1, 0.15) is 0 Å². The van der Waals surface area contributed by atoms with E-state index in [9.17, 15) is 4.79 Å². The van der Waals surface area contributed by atoms with Crippen molar-refractivity contribution in [3.05, 3.63) is 82.4 Å². The summed E-state index contributed by atoms with van der Waals surface area (Å²) in [4.78, 5) is 13.1. The molecular formula is C25H28N2O. The third-order valence-corrected chi connectivity index (χ3v) is 5.77. The topological polar surface area (TPSA) is 41.1 Å². The summed E-state index contributed by atoms with van der Waals surface area (Å²) in [6, 6.07) is 19.1. The zero-order valence-electron chi connectivity index (χ0n) is 16.7. The number of fused-ring (bicyclic) bond motifs is 5. The maximum Gasteiger partial charge on any atom is 0.252 e. The smallest absolute Gasteiger partial charge is 0.252 e. The summed E-state index contributed by atoms with van der Waals surface area (Å²) in [5.41, 5.74) is 5.54. The Bertz CT molecular complexity index is 1010. The summed E-state index contributed by atoms with van der Waals surface area (Å²) in [6.45, 7) is 5.91. The average Bonchev–Trinajstić information content (AvgIpc) is 2.70. The van der Waals surface area contributed by atoms with Crippen LogP contribution in [0.4, 0.5) is 0 Å². The van der Waals surface area contributed by atoms with E-state index in [-0.39, 0.29) is 11.9 Å². The van der Waals surface area contributed by atoms with Crippen LogP contribution in [0.15, 0.2) is 54.6 Å². The first-order valence-corrected chi connectivity index (χ1v) is 10.2. The van der Waals surface area contributed by atoms with Crippen molar-refractivity contribution in [2.24, 2.45) is 0 Å². The van der Waals surface area contributed by atoms with Gasteiger partial charge < -0.3 is 10.6 Å².